The van der Waals surface area contributed by atoms with E-state index in [1.54, 1.807) is 12.1 Å². The van der Waals surface area contributed by atoms with Crippen LogP contribution in [0.1, 0.15) is 15.2 Å². The number of carbonyl (C=O) groups is 1. The number of hydrogen-bond donors (Lipinski definition) is 2. The van der Waals surface area contributed by atoms with Gasteiger partial charge in [-0.05, 0) is 48.4 Å². The molecule has 2 aromatic heterocycles. The highest BCUT2D eigenvalue weighted by molar-refractivity contribution is 7.21. The summed E-state index contributed by atoms with van der Waals surface area (Å²) < 4.78 is 13.1. The minimum absolute atomic E-state index is 0.195. The Kier molecular flexibility index (Phi) is 5.04. The molecule has 1 amide bonds. The minimum atomic E-state index is -0.292. The summed E-state index contributed by atoms with van der Waals surface area (Å²) in [6.07, 6.45) is 0.754. The standard InChI is InChI=1S/C22H18FN3OS/c23-16-8-6-15(7-9-16)18-11-10-17-19(24)20(28-22(17)26-18)21(27)25-13-12-14-4-2-1-3-5-14/h1-11H,12-13,24H2,(H,25,27). The van der Waals surface area contributed by atoms with Crippen molar-refractivity contribution in [2.45, 2.75) is 6.42 Å². The fourth-order valence-corrected chi connectivity index (χ4v) is 4.00. The zero-order valence-corrected chi connectivity index (χ0v) is 15.8. The molecule has 0 aliphatic heterocycles. The number of rotatable bonds is 5. The van der Waals surface area contributed by atoms with Crippen LogP contribution >= 0.6 is 11.3 Å². The molecule has 0 bridgehead atoms. The van der Waals surface area contributed by atoms with Crippen molar-refractivity contribution in [2.75, 3.05) is 12.3 Å². The van der Waals surface area contributed by atoms with Gasteiger partial charge in [-0.1, -0.05) is 30.3 Å². The molecule has 4 aromatic rings. The van der Waals surface area contributed by atoms with Crippen molar-refractivity contribution >= 4 is 33.1 Å². The van der Waals surface area contributed by atoms with Gasteiger partial charge < -0.3 is 11.1 Å². The minimum Gasteiger partial charge on any atom is -0.397 e. The van der Waals surface area contributed by atoms with Crippen molar-refractivity contribution in [2.24, 2.45) is 0 Å². The number of carbonyl (C=O) groups excluding carboxylic acids is 1. The second-order valence-corrected chi connectivity index (χ2v) is 7.39. The van der Waals surface area contributed by atoms with Crippen molar-refractivity contribution < 1.29 is 9.18 Å². The Morgan fingerprint density at radius 1 is 1.04 bits per heavy atom. The normalized spacial score (nSPS) is 10.9. The lowest BCUT2D eigenvalue weighted by atomic mass is 10.1. The molecule has 0 spiro atoms. The van der Waals surface area contributed by atoms with Gasteiger partial charge in [0.2, 0.25) is 0 Å². The first-order valence-electron chi connectivity index (χ1n) is 8.89. The third kappa shape index (κ3) is 3.73. The first-order valence-corrected chi connectivity index (χ1v) is 9.70. The number of aromatic nitrogens is 1. The Morgan fingerprint density at radius 2 is 1.79 bits per heavy atom. The van der Waals surface area contributed by atoms with Gasteiger partial charge in [0.1, 0.15) is 15.5 Å². The predicted molar refractivity (Wildman–Crippen MR) is 112 cm³/mol. The summed E-state index contributed by atoms with van der Waals surface area (Å²) in [5.74, 6) is -0.487. The molecule has 0 fully saturated rings. The van der Waals surface area contributed by atoms with Crippen LogP contribution in [0, 0.1) is 5.82 Å². The average Bonchev–Trinajstić information content (AvgIpc) is 3.05. The van der Waals surface area contributed by atoms with E-state index in [1.807, 2.05) is 42.5 Å². The fraction of sp³-hybridized carbons (Fsp3) is 0.0909. The molecule has 4 nitrogen and oxygen atoms in total. The van der Waals surface area contributed by atoms with Crippen LogP contribution in [0.2, 0.25) is 0 Å². The Morgan fingerprint density at radius 3 is 2.54 bits per heavy atom. The number of amides is 1. The number of nitrogens with two attached hydrogens (primary N) is 1. The van der Waals surface area contributed by atoms with E-state index in [9.17, 15) is 9.18 Å². The maximum atomic E-state index is 13.1. The third-order valence-corrected chi connectivity index (χ3v) is 5.60. The molecule has 2 heterocycles. The van der Waals surface area contributed by atoms with Crippen LogP contribution in [0.4, 0.5) is 10.1 Å². The largest absolute Gasteiger partial charge is 0.397 e. The van der Waals surface area contributed by atoms with Crippen molar-refractivity contribution in [3.05, 3.63) is 83.0 Å². The van der Waals surface area contributed by atoms with Gasteiger partial charge in [-0.3, -0.25) is 4.79 Å². The number of pyridine rings is 1. The summed E-state index contributed by atoms with van der Waals surface area (Å²) >= 11 is 1.27. The molecule has 0 atom stereocenters. The Hall–Kier alpha value is -3.25. The van der Waals surface area contributed by atoms with Gasteiger partial charge >= 0.3 is 0 Å². The molecule has 6 heteroatoms. The topological polar surface area (TPSA) is 68.0 Å². The number of nitrogens with zero attached hydrogens (tertiary/aromatic N) is 1. The van der Waals surface area contributed by atoms with Gasteiger partial charge in [-0.15, -0.1) is 11.3 Å². The Balaban J connectivity index is 1.53. The zero-order chi connectivity index (χ0) is 19.5. The van der Waals surface area contributed by atoms with E-state index in [-0.39, 0.29) is 11.7 Å². The van der Waals surface area contributed by atoms with E-state index < -0.39 is 0 Å². The average molecular weight is 391 g/mol. The lowest BCUT2D eigenvalue weighted by molar-refractivity contribution is 0.0959. The number of nitrogens with one attached hydrogen (secondary N) is 1. The highest BCUT2D eigenvalue weighted by atomic mass is 32.1. The molecule has 140 valence electrons. The summed E-state index contributed by atoms with van der Waals surface area (Å²) in [5.41, 5.74) is 9.32. The first-order chi connectivity index (χ1) is 13.6. The van der Waals surface area contributed by atoms with Crippen LogP contribution in [-0.4, -0.2) is 17.4 Å². The van der Waals surface area contributed by atoms with Crippen LogP contribution in [-0.2, 0) is 6.42 Å². The van der Waals surface area contributed by atoms with Crippen LogP contribution in [0.25, 0.3) is 21.5 Å². The van der Waals surface area contributed by atoms with Gasteiger partial charge in [-0.2, -0.15) is 0 Å². The Bertz CT molecular complexity index is 1120. The van der Waals surface area contributed by atoms with Crippen molar-refractivity contribution in [1.82, 2.24) is 10.3 Å². The van der Waals surface area contributed by atoms with E-state index >= 15 is 0 Å². The summed E-state index contributed by atoms with van der Waals surface area (Å²) in [7, 11) is 0. The van der Waals surface area contributed by atoms with E-state index in [2.05, 4.69) is 10.3 Å². The second-order valence-electron chi connectivity index (χ2n) is 6.39. The first kappa shape index (κ1) is 18.1. The number of thiophene rings is 1. The summed E-state index contributed by atoms with van der Waals surface area (Å²) in [6, 6.07) is 19.8. The highest BCUT2D eigenvalue weighted by Gasteiger charge is 2.17. The van der Waals surface area contributed by atoms with Crippen molar-refractivity contribution in [3.63, 3.8) is 0 Å². The molecule has 0 aliphatic carbocycles. The van der Waals surface area contributed by atoms with Gasteiger partial charge in [0.15, 0.2) is 0 Å². The lowest BCUT2D eigenvalue weighted by Gasteiger charge is -2.04. The molecule has 0 unspecified atom stereocenters. The molecular weight excluding hydrogens is 373 g/mol. The molecule has 2 aromatic carbocycles. The van der Waals surface area contributed by atoms with Crippen molar-refractivity contribution in [1.29, 1.82) is 0 Å². The molecule has 3 N–H and O–H groups in total. The number of fused-ring (bicyclic) bond motifs is 1. The van der Waals surface area contributed by atoms with Gasteiger partial charge in [-0.25, -0.2) is 9.37 Å². The summed E-state index contributed by atoms with van der Waals surface area (Å²) in [4.78, 5) is 18.3. The summed E-state index contributed by atoms with van der Waals surface area (Å²) in [5, 5.41) is 3.68. The number of hydrogen-bond acceptors (Lipinski definition) is 4. The number of anilines is 1. The fourth-order valence-electron chi connectivity index (χ4n) is 2.99. The van der Waals surface area contributed by atoms with Gasteiger partial charge in [0.25, 0.3) is 5.91 Å². The molecule has 0 radical (unpaired) electrons. The van der Waals surface area contributed by atoms with E-state index in [0.29, 0.717) is 27.6 Å². The SMILES string of the molecule is Nc1c(C(=O)NCCc2ccccc2)sc2nc(-c3ccc(F)cc3)ccc12. The van der Waals surface area contributed by atoms with Crippen LogP contribution < -0.4 is 11.1 Å². The van der Waals surface area contributed by atoms with Crippen LogP contribution in [0.5, 0.6) is 0 Å². The smallest absolute Gasteiger partial charge is 0.263 e. The van der Waals surface area contributed by atoms with Crippen LogP contribution in [0.3, 0.4) is 0 Å². The highest BCUT2D eigenvalue weighted by Crippen LogP contribution is 2.34. The second kappa shape index (κ2) is 7.78. The number of benzene rings is 2. The number of halogens is 1. The number of nitrogen functional groups attached to an aromatic ring is 1. The maximum Gasteiger partial charge on any atom is 0.263 e. The molecule has 0 saturated carbocycles. The molecular formula is C22H18FN3OS. The molecule has 0 aliphatic rings. The monoisotopic (exact) mass is 391 g/mol. The molecule has 4 rings (SSSR count). The van der Waals surface area contributed by atoms with E-state index in [0.717, 1.165) is 22.9 Å². The molecule has 28 heavy (non-hydrogen) atoms. The quantitative estimate of drug-likeness (QED) is 0.520. The van der Waals surface area contributed by atoms with Crippen molar-refractivity contribution in [3.8, 4) is 11.3 Å². The Labute approximate surface area is 165 Å². The van der Waals surface area contributed by atoms with Crippen LogP contribution in [0.15, 0.2) is 66.7 Å². The predicted octanol–water partition coefficient (Wildman–Crippen LogP) is 4.66. The third-order valence-electron chi connectivity index (χ3n) is 4.48. The van der Waals surface area contributed by atoms with E-state index in [1.165, 1.54) is 23.5 Å². The van der Waals surface area contributed by atoms with Gasteiger partial charge in [0.05, 0.1) is 11.4 Å². The van der Waals surface area contributed by atoms with E-state index in [4.69, 9.17) is 5.73 Å². The summed E-state index contributed by atoms with van der Waals surface area (Å²) in [6.45, 7) is 0.533. The van der Waals surface area contributed by atoms with Gasteiger partial charge in [0, 0.05) is 17.5 Å². The lowest BCUT2D eigenvalue weighted by Crippen LogP contribution is -2.25. The maximum absolute atomic E-state index is 13.1. The zero-order valence-electron chi connectivity index (χ0n) is 15.0. The molecule has 0 saturated heterocycles.